The first-order valence-electron chi connectivity index (χ1n) is 9.99. The standard InChI is InChI=1S/C21H26BrClN2.C2H6/c1-14-4-3-9-25-21(14)20(16-7-10-24-11-8-16)19-6-5-18(23)13-17(19)12-15(2)22;1-2/h3-6,9,12-13,16,20-21,24-25H,7-8,10-11H2,1-2H3;1-2H3/b15-12+;. The van der Waals surface area contributed by atoms with E-state index in [0.717, 1.165) is 22.6 Å². The van der Waals surface area contributed by atoms with Gasteiger partial charge in [-0.2, -0.15) is 0 Å². The van der Waals surface area contributed by atoms with Crippen molar-refractivity contribution in [2.24, 2.45) is 5.92 Å². The summed E-state index contributed by atoms with van der Waals surface area (Å²) in [6, 6.07) is 6.68. The monoisotopic (exact) mass is 450 g/mol. The van der Waals surface area contributed by atoms with Crippen LogP contribution in [0.5, 0.6) is 0 Å². The third-order valence-electron chi connectivity index (χ3n) is 5.23. The molecule has 1 fully saturated rings. The summed E-state index contributed by atoms with van der Waals surface area (Å²) in [5.41, 5.74) is 4.00. The van der Waals surface area contributed by atoms with Crippen LogP contribution in [-0.4, -0.2) is 19.1 Å². The van der Waals surface area contributed by atoms with E-state index in [1.165, 1.54) is 29.5 Å². The molecule has 0 spiro atoms. The average molecular weight is 452 g/mol. The first-order valence-corrected chi connectivity index (χ1v) is 11.2. The van der Waals surface area contributed by atoms with Gasteiger partial charge in [0.05, 0.1) is 6.04 Å². The smallest absolute Gasteiger partial charge is 0.0540 e. The number of hydrogen-bond donors (Lipinski definition) is 2. The molecule has 2 nitrogen and oxygen atoms in total. The summed E-state index contributed by atoms with van der Waals surface area (Å²) in [7, 11) is 0. The van der Waals surface area contributed by atoms with Gasteiger partial charge in [-0.3, -0.25) is 0 Å². The minimum absolute atomic E-state index is 0.331. The van der Waals surface area contributed by atoms with Crippen molar-refractivity contribution < 1.29 is 0 Å². The molecule has 0 aliphatic carbocycles. The zero-order valence-corrected chi connectivity index (χ0v) is 19.2. The van der Waals surface area contributed by atoms with Crippen molar-refractivity contribution in [3.05, 3.63) is 62.8 Å². The number of hydrogen-bond acceptors (Lipinski definition) is 2. The third-order valence-corrected chi connectivity index (χ3v) is 5.70. The summed E-state index contributed by atoms with van der Waals surface area (Å²) in [4.78, 5) is 0. The number of benzene rings is 1. The molecule has 27 heavy (non-hydrogen) atoms. The first-order chi connectivity index (χ1) is 13.1. The number of piperidine rings is 1. The number of rotatable bonds is 4. The highest BCUT2D eigenvalue weighted by Gasteiger charge is 2.34. The molecule has 2 N–H and O–H groups in total. The molecule has 4 heteroatoms. The van der Waals surface area contributed by atoms with Gasteiger partial charge in [0.25, 0.3) is 0 Å². The third kappa shape index (κ3) is 5.97. The molecular weight excluding hydrogens is 420 g/mol. The van der Waals surface area contributed by atoms with Gasteiger partial charge in [0.1, 0.15) is 0 Å². The van der Waals surface area contributed by atoms with Crippen LogP contribution in [0.3, 0.4) is 0 Å². The first kappa shape index (κ1) is 22.3. The Kier molecular flexibility index (Phi) is 9.14. The van der Waals surface area contributed by atoms with E-state index in [0.29, 0.717) is 17.9 Å². The lowest BCUT2D eigenvalue weighted by atomic mass is 9.72. The Labute approximate surface area is 178 Å². The topological polar surface area (TPSA) is 24.1 Å². The van der Waals surface area contributed by atoms with Crippen molar-refractivity contribution in [2.75, 3.05) is 13.1 Å². The summed E-state index contributed by atoms with van der Waals surface area (Å²) in [6.07, 6.45) is 11.0. The van der Waals surface area contributed by atoms with Crippen LogP contribution in [0.15, 0.2) is 46.6 Å². The Hall–Kier alpha value is -1.03. The maximum atomic E-state index is 6.31. The Morgan fingerprint density at radius 3 is 2.59 bits per heavy atom. The summed E-state index contributed by atoms with van der Waals surface area (Å²) >= 11 is 9.91. The minimum atomic E-state index is 0.331. The van der Waals surface area contributed by atoms with Crippen molar-refractivity contribution in [3.8, 4) is 0 Å². The van der Waals surface area contributed by atoms with E-state index in [1.807, 2.05) is 19.9 Å². The van der Waals surface area contributed by atoms with E-state index in [9.17, 15) is 0 Å². The largest absolute Gasteiger partial charge is 0.384 e. The normalized spacial score (nSPS) is 21.6. The molecular formula is C23H32BrClN2. The van der Waals surface area contributed by atoms with E-state index in [1.54, 1.807) is 0 Å². The number of nitrogens with one attached hydrogen (secondary N) is 2. The van der Waals surface area contributed by atoms with Crippen molar-refractivity contribution in [2.45, 2.75) is 52.5 Å². The summed E-state index contributed by atoms with van der Waals surface area (Å²) < 4.78 is 1.11. The molecule has 0 bridgehead atoms. The zero-order valence-electron chi connectivity index (χ0n) is 16.9. The lowest BCUT2D eigenvalue weighted by Gasteiger charge is -2.39. The number of halogens is 2. The molecule has 2 atom stereocenters. The summed E-state index contributed by atoms with van der Waals surface area (Å²) in [5.74, 6) is 1.08. The molecule has 1 saturated heterocycles. The van der Waals surface area contributed by atoms with Gasteiger partial charge in [-0.15, -0.1) is 0 Å². The van der Waals surface area contributed by atoms with Gasteiger partial charge in [0, 0.05) is 10.9 Å². The maximum absolute atomic E-state index is 6.31. The average Bonchev–Trinajstić information content (AvgIpc) is 2.67. The van der Waals surface area contributed by atoms with Gasteiger partial charge >= 0.3 is 0 Å². The van der Waals surface area contributed by atoms with Crippen LogP contribution < -0.4 is 10.6 Å². The number of dihydropyridines is 1. The van der Waals surface area contributed by atoms with Crippen LogP contribution in [-0.2, 0) is 0 Å². The van der Waals surface area contributed by atoms with Crippen LogP contribution in [0.25, 0.3) is 6.08 Å². The predicted molar refractivity (Wildman–Crippen MR) is 124 cm³/mol. The molecule has 1 aromatic rings. The van der Waals surface area contributed by atoms with Crippen molar-refractivity contribution in [3.63, 3.8) is 0 Å². The van der Waals surface area contributed by atoms with E-state index in [4.69, 9.17) is 11.6 Å². The molecule has 2 heterocycles. The highest BCUT2D eigenvalue weighted by atomic mass is 79.9. The van der Waals surface area contributed by atoms with Gasteiger partial charge < -0.3 is 10.6 Å². The van der Waals surface area contributed by atoms with Crippen LogP contribution in [0.2, 0.25) is 5.02 Å². The van der Waals surface area contributed by atoms with Crippen LogP contribution in [0.4, 0.5) is 0 Å². The Balaban J connectivity index is 0.00000126. The van der Waals surface area contributed by atoms with Crippen LogP contribution >= 0.6 is 27.5 Å². The predicted octanol–water partition coefficient (Wildman–Crippen LogP) is 6.64. The summed E-state index contributed by atoms with van der Waals surface area (Å²) in [6.45, 7) is 10.5. The maximum Gasteiger partial charge on any atom is 0.0540 e. The molecule has 0 radical (unpaired) electrons. The molecule has 0 aromatic heterocycles. The quantitative estimate of drug-likeness (QED) is 0.536. The fourth-order valence-electron chi connectivity index (χ4n) is 4.08. The molecule has 148 valence electrons. The molecule has 3 rings (SSSR count). The van der Waals surface area contributed by atoms with Gasteiger partial charge in [-0.05, 0) is 91.8 Å². The highest BCUT2D eigenvalue weighted by Crippen LogP contribution is 2.40. The molecule has 0 amide bonds. The Bertz CT molecular complexity index is 698. The van der Waals surface area contributed by atoms with Crippen molar-refractivity contribution in [1.29, 1.82) is 0 Å². The fourth-order valence-corrected chi connectivity index (χ4v) is 4.51. The van der Waals surface area contributed by atoms with E-state index < -0.39 is 0 Å². The van der Waals surface area contributed by atoms with E-state index in [2.05, 4.69) is 77.0 Å². The molecule has 2 unspecified atom stereocenters. The molecule has 2 aliphatic heterocycles. The van der Waals surface area contributed by atoms with Gasteiger partial charge in [-0.1, -0.05) is 59.1 Å². The SMILES string of the molecule is CC.CC1=CC=CNC1C(c1ccc(Cl)cc1/C=C(\C)Br)C1CCNCC1. The molecule has 0 saturated carbocycles. The second-order valence-electron chi connectivity index (χ2n) is 7.03. The van der Waals surface area contributed by atoms with E-state index >= 15 is 0 Å². The Morgan fingerprint density at radius 1 is 1.26 bits per heavy atom. The van der Waals surface area contributed by atoms with Crippen molar-refractivity contribution >= 4 is 33.6 Å². The summed E-state index contributed by atoms with van der Waals surface area (Å²) in [5, 5.41) is 7.92. The lowest BCUT2D eigenvalue weighted by Crippen LogP contribution is -2.41. The molecule has 2 aliphatic rings. The fraction of sp³-hybridized carbons (Fsp3) is 0.478. The second kappa shape index (κ2) is 11.1. The molecule has 1 aromatic carbocycles. The minimum Gasteiger partial charge on any atom is -0.384 e. The lowest BCUT2D eigenvalue weighted by molar-refractivity contribution is 0.288. The van der Waals surface area contributed by atoms with Gasteiger partial charge in [0.15, 0.2) is 0 Å². The van der Waals surface area contributed by atoms with Gasteiger partial charge in [0.2, 0.25) is 0 Å². The number of allylic oxidation sites excluding steroid dienone is 3. The van der Waals surface area contributed by atoms with E-state index in [-0.39, 0.29) is 0 Å². The zero-order chi connectivity index (χ0) is 19.8. The highest BCUT2D eigenvalue weighted by molar-refractivity contribution is 9.11. The second-order valence-corrected chi connectivity index (χ2v) is 8.72. The van der Waals surface area contributed by atoms with Crippen LogP contribution in [0.1, 0.15) is 57.6 Å². The van der Waals surface area contributed by atoms with Crippen LogP contribution in [0, 0.1) is 5.92 Å². The van der Waals surface area contributed by atoms with Gasteiger partial charge in [-0.25, -0.2) is 0 Å². The van der Waals surface area contributed by atoms with Crippen molar-refractivity contribution in [1.82, 2.24) is 10.6 Å². The Morgan fingerprint density at radius 2 is 1.96 bits per heavy atom.